The zero-order chi connectivity index (χ0) is 25.3. The maximum Gasteiger partial charge on any atom is 0.522 e. The van der Waals surface area contributed by atoms with Crippen molar-refractivity contribution < 1.29 is 36.6 Å². The lowest BCUT2D eigenvalue weighted by atomic mass is 9.61. The van der Waals surface area contributed by atoms with Gasteiger partial charge in [-0.05, 0) is 64.2 Å². The number of nitrogens with one attached hydrogen (secondary N) is 3. The fourth-order valence-electron chi connectivity index (χ4n) is 5.97. The lowest BCUT2D eigenvalue weighted by Gasteiger charge is -2.54. The number of piperidine rings is 1. The first-order valence-electron chi connectivity index (χ1n) is 12.5. The summed E-state index contributed by atoms with van der Waals surface area (Å²) < 4.78 is 60.6. The van der Waals surface area contributed by atoms with E-state index < -0.39 is 30.1 Å². The highest BCUT2D eigenvalue weighted by molar-refractivity contribution is 6.21. The van der Waals surface area contributed by atoms with E-state index in [-0.39, 0.29) is 61.4 Å². The predicted molar refractivity (Wildman–Crippen MR) is 120 cm³/mol. The van der Waals surface area contributed by atoms with Gasteiger partial charge >= 0.3 is 6.36 Å². The molecule has 0 spiro atoms. The zero-order valence-corrected chi connectivity index (χ0v) is 20.4. The van der Waals surface area contributed by atoms with Crippen LogP contribution in [0.1, 0.15) is 70.6 Å². The summed E-state index contributed by atoms with van der Waals surface area (Å²) in [7, 11) is 0. The predicted octanol–water partition coefficient (Wildman–Crippen LogP) is 3.24. The molecule has 0 aromatic carbocycles. The van der Waals surface area contributed by atoms with Crippen LogP contribution in [0.25, 0.3) is 0 Å². The Balaban J connectivity index is 1.19. The third-order valence-electron chi connectivity index (χ3n) is 8.12. The number of hydrogen-bond acceptors (Lipinski definition) is 5. The van der Waals surface area contributed by atoms with Gasteiger partial charge < -0.3 is 20.7 Å². The lowest BCUT2D eigenvalue weighted by molar-refractivity contribution is -0.343. The molecule has 12 heteroatoms. The molecule has 0 radical (unpaired) electrons. The van der Waals surface area contributed by atoms with Gasteiger partial charge in [0.05, 0.1) is 23.6 Å². The van der Waals surface area contributed by atoms with Gasteiger partial charge in [0.1, 0.15) is 12.8 Å². The van der Waals surface area contributed by atoms with Crippen LogP contribution in [0.4, 0.5) is 17.6 Å². The summed E-state index contributed by atoms with van der Waals surface area (Å²) in [4.78, 5) is 25.4. The Labute approximate surface area is 207 Å². The van der Waals surface area contributed by atoms with Crippen molar-refractivity contribution in [1.82, 2.24) is 16.0 Å². The van der Waals surface area contributed by atoms with Gasteiger partial charge in [0, 0.05) is 24.0 Å². The van der Waals surface area contributed by atoms with Crippen molar-refractivity contribution in [1.29, 1.82) is 0 Å². The number of halogens is 5. The third kappa shape index (κ3) is 6.99. The molecule has 0 aromatic heterocycles. The summed E-state index contributed by atoms with van der Waals surface area (Å²) >= 11 is 5.90. The summed E-state index contributed by atoms with van der Waals surface area (Å²) in [6.45, 7) is -0.137. The largest absolute Gasteiger partial charge is 0.522 e. The summed E-state index contributed by atoms with van der Waals surface area (Å²) in [5, 5.41) is 8.67. The zero-order valence-electron chi connectivity index (χ0n) is 19.6. The molecular weight excluding hydrogens is 494 g/mol. The number of fused-ring (bicyclic) bond motifs is 3. The minimum atomic E-state index is -4.68. The molecule has 5 rings (SSSR count). The second kappa shape index (κ2) is 10.7. The Morgan fingerprint density at radius 3 is 2.09 bits per heavy atom. The minimum absolute atomic E-state index is 0.0267. The smallest absolute Gasteiger partial charge is 0.368 e. The van der Waals surface area contributed by atoms with Crippen molar-refractivity contribution in [2.24, 2.45) is 0 Å². The summed E-state index contributed by atoms with van der Waals surface area (Å²) in [6.07, 6.45) is -0.931. The maximum atomic E-state index is 13.8. The molecule has 2 bridgehead atoms. The molecule has 5 atom stereocenters. The first-order chi connectivity index (χ1) is 16.5. The SMILES string of the molecule is O=C(COC1CCC(Cl)C(F)C1)NC12CCC(NC(=O)C3CCC(OC(F)(F)F)CN3)(CC1)CC2. The van der Waals surface area contributed by atoms with E-state index >= 15 is 0 Å². The van der Waals surface area contributed by atoms with Gasteiger partial charge in [-0.1, -0.05) is 0 Å². The average molecular weight is 528 g/mol. The van der Waals surface area contributed by atoms with Gasteiger partial charge in [0.15, 0.2) is 0 Å². The lowest BCUT2D eigenvalue weighted by Crippen LogP contribution is -2.66. The monoisotopic (exact) mass is 527 g/mol. The molecular formula is C23H34ClF4N3O4. The second-order valence-electron chi connectivity index (χ2n) is 10.6. The number of rotatable bonds is 7. The van der Waals surface area contributed by atoms with Gasteiger partial charge in [-0.3, -0.25) is 14.3 Å². The molecule has 5 unspecified atom stereocenters. The van der Waals surface area contributed by atoms with E-state index in [1.807, 2.05) is 0 Å². The molecule has 5 fully saturated rings. The highest BCUT2D eigenvalue weighted by Crippen LogP contribution is 2.47. The Bertz CT molecular complexity index is 754. The van der Waals surface area contributed by atoms with Crippen molar-refractivity contribution in [3.8, 4) is 0 Å². The Morgan fingerprint density at radius 1 is 0.943 bits per heavy atom. The molecule has 200 valence electrons. The van der Waals surface area contributed by atoms with Crippen molar-refractivity contribution in [2.45, 2.75) is 118 Å². The number of hydrogen-bond donors (Lipinski definition) is 3. The molecule has 4 aliphatic carbocycles. The van der Waals surface area contributed by atoms with Crippen LogP contribution >= 0.6 is 11.6 Å². The maximum absolute atomic E-state index is 13.8. The van der Waals surface area contributed by atoms with Crippen LogP contribution in [0, 0.1) is 0 Å². The molecule has 1 aliphatic heterocycles. The van der Waals surface area contributed by atoms with Gasteiger partial charge in [-0.2, -0.15) is 0 Å². The standard InChI is InChI=1S/C23H34ClF4N3O4/c24-16-3-1-14(11-17(16)25)34-13-19(32)30-21-5-8-22(9-6-21,10-7-21)31-20(33)18-4-2-15(12-29-18)35-23(26,27)28/h14-18,29H,1-13H2,(H,30,32)(H,31,33). The number of ether oxygens (including phenoxy) is 2. The summed E-state index contributed by atoms with van der Waals surface area (Å²) in [6, 6.07) is -0.541. The Kier molecular flexibility index (Phi) is 8.20. The van der Waals surface area contributed by atoms with E-state index in [0.29, 0.717) is 12.8 Å². The fourth-order valence-corrected chi connectivity index (χ4v) is 6.20. The Hall–Kier alpha value is -1.17. The van der Waals surface area contributed by atoms with Crippen molar-refractivity contribution in [2.75, 3.05) is 13.2 Å². The Morgan fingerprint density at radius 2 is 1.54 bits per heavy atom. The number of carbonyl (C=O) groups is 2. The second-order valence-corrected chi connectivity index (χ2v) is 11.2. The molecule has 5 aliphatic rings. The van der Waals surface area contributed by atoms with Crippen molar-refractivity contribution in [3.63, 3.8) is 0 Å². The first kappa shape index (κ1) is 26.9. The number of carbonyl (C=O) groups excluding carboxylic acids is 2. The van der Waals surface area contributed by atoms with E-state index in [0.717, 1.165) is 38.5 Å². The minimum Gasteiger partial charge on any atom is -0.368 e. The molecule has 35 heavy (non-hydrogen) atoms. The third-order valence-corrected chi connectivity index (χ3v) is 8.61. The molecule has 4 saturated carbocycles. The molecule has 1 saturated heterocycles. The summed E-state index contributed by atoms with van der Waals surface area (Å²) in [5.41, 5.74) is -0.675. The van der Waals surface area contributed by atoms with Crippen LogP contribution < -0.4 is 16.0 Å². The van der Waals surface area contributed by atoms with Crippen molar-refractivity contribution in [3.05, 3.63) is 0 Å². The van der Waals surface area contributed by atoms with Gasteiger partial charge in [-0.15, -0.1) is 24.8 Å². The molecule has 7 nitrogen and oxygen atoms in total. The molecule has 2 amide bonds. The topological polar surface area (TPSA) is 88.7 Å². The number of alkyl halides is 5. The first-order valence-corrected chi connectivity index (χ1v) is 12.9. The van der Waals surface area contributed by atoms with Gasteiger partial charge in [-0.25, -0.2) is 4.39 Å². The van der Waals surface area contributed by atoms with E-state index in [2.05, 4.69) is 20.7 Å². The fraction of sp³-hybridized carbons (Fsp3) is 0.913. The molecule has 1 heterocycles. The number of amides is 2. The highest BCUT2D eigenvalue weighted by Gasteiger charge is 2.50. The van der Waals surface area contributed by atoms with Crippen LogP contribution in [0.15, 0.2) is 0 Å². The van der Waals surface area contributed by atoms with Gasteiger partial charge in [0.25, 0.3) is 0 Å². The molecule has 3 N–H and O–H groups in total. The molecule has 0 aromatic rings. The van der Waals surface area contributed by atoms with E-state index in [1.165, 1.54) is 0 Å². The van der Waals surface area contributed by atoms with E-state index in [9.17, 15) is 27.2 Å². The van der Waals surface area contributed by atoms with Gasteiger partial charge in [0.2, 0.25) is 11.8 Å². The average Bonchev–Trinajstić information content (AvgIpc) is 2.80. The highest BCUT2D eigenvalue weighted by atomic mass is 35.5. The normalized spacial score (nSPS) is 39.7. The van der Waals surface area contributed by atoms with Crippen LogP contribution in [-0.2, 0) is 19.1 Å². The quantitative estimate of drug-likeness (QED) is 0.349. The van der Waals surface area contributed by atoms with E-state index in [1.54, 1.807) is 0 Å². The van der Waals surface area contributed by atoms with E-state index in [4.69, 9.17) is 16.3 Å². The van der Waals surface area contributed by atoms with Crippen LogP contribution in [0.3, 0.4) is 0 Å². The van der Waals surface area contributed by atoms with Crippen LogP contribution in [0.5, 0.6) is 0 Å². The van der Waals surface area contributed by atoms with Crippen molar-refractivity contribution >= 4 is 23.4 Å². The summed E-state index contributed by atoms with van der Waals surface area (Å²) in [5.74, 6) is -0.408. The van der Waals surface area contributed by atoms with Crippen LogP contribution in [-0.4, -0.2) is 72.2 Å². The van der Waals surface area contributed by atoms with Crippen LogP contribution in [0.2, 0.25) is 0 Å².